The van der Waals surface area contributed by atoms with Crippen molar-refractivity contribution in [1.82, 2.24) is 10.2 Å². The highest BCUT2D eigenvalue weighted by Crippen LogP contribution is 2.18. The molecule has 1 aliphatic carbocycles. The lowest BCUT2D eigenvalue weighted by molar-refractivity contribution is -0.130. The first-order chi connectivity index (χ1) is 8.66. The smallest absolute Gasteiger partial charge is 0.237 e. The van der Waals surface area contributed by atoms with E-state index in [4.69, 9.17) is 0 Å². The van der Waals surface area contributed by atoms with Gasteiger partial charge >= 0.3 is 0 Å². The number of piperidine rings is 1. The van der Waals surface area contributed by atoms with Gasteiger partial charge in [0, 0.05) is 12.5 Å². The van der Waals surface area contributed by atoms with Crippen molar-refractivity contribution in [3.63, 3.8) is 0 Å². The van der Waals surface area contributed by atoms with Gasteiger partial charge in [-0.2, -0.15) is 0 Å². The van der Waals surface area contributed by atoms with E-state index in [1.807, 2.05) is 11.8 Å². The molecule has 1 saturated carbocycles. The molecule has 1 amide bonds. The molecule has 1 unspecified atom stereocenters. The summed E-state index contributed by atoms with van der Waals surface area (Å²) in [4.78, 5) is 25.6. The number of nitrogens with zero attached hydrogens (tertiary/aromatic N) is 1. The second-order valence-corrected chi connectivity index (χ2v) is 5.63. The maximum atomic E-state index is 12.2. The van der Waals surface area contributed by atoms with Crippen molar-refractivity contribution in [2.24, 2.45) is 0 Å². The zero-order chi connectivity index (χ0) is 13.0. The predicted molar refractivity (Wildman–Crippen MR) is 70.3 cm³/mol. The van der Waals surface area contributed by atoms with Crippen molar-refractivity contribution in [2.45, 2.75) is 64.0 Å². The molecule has 4 heteroatoms. The summed E-state index contributed by atoms with van der Waals surface area (Å²) in [7, 11) is 0. The van der Waals surface area contributed by atoms with Crippen LogP contribution in [0.15, 0.2) is 0 Å². The lowest BCUT2D eigenvalue weighted by atomic mass is 9.95. The van der Waals surface area contributed by atoms with Crippen LogP contribution in [0.2, 0.25) is 0 Å². The Labute approximate surface area is 109 Å². The Kier molecular flexibility index (Phi) is 4.75. The first-order valence-corrected chi connectivity index (χ1v) is 7.23. The normalized spacial score (nSPS) is 24.8. The molecule has 2 fully saturated rings. The fraction of sp³-hybridized carbons (Fsp3) is 0.857. The van der Waals surface area contributed by atoms with E-state index in [9.17, 15) is 9.59 Å². The Balaban J connectivity index is 1.81. The molecule has 1 atom stereocenters. The predicted octanol–water partition coefficient (Wildman–Crippen LogP) is 1.49. The van der Waals surface area contributed by atoms with Crippen LogP contribution in [0.1, 0.15) is 51.9 Å². The molecule has 102 valence electrons. The molecule has 0 aromatic carbocycles. The van der Waals surface area contributed by atoms with Crippen molar-refractivity contribution in [3.8, 4) is 0 Å². The third-order valence-electron chi connectivity index (χ3n) is 4.16. The highest BCUT2D eigenvalue weighted by Gasteiger charge is 2.27. The minimum absolute atomic E-state index is 0.0941. The molecule has 1 N–H and O–H groups in total. The summed E-state index contributed by atoms with van der Waals surface area (Å²) in [6.07, 6.45) is 7.52. The number of Topliss-reactive ketones (excluding diaryl/α,β-unsaturated/α-hetero) is 1. The summed E-state index contributed by atoms with van der Waals surface area (Å²) in [6.45, 7) is 3.22. The lowest BCUT2D eigenvalue weighted by Gasteiger charge is -2.32. The van der Waals surface area contributed by atoms with E-state index in [1.54, 1.807) is 0 Å². The van der Waals surface area contributed by atoms with Gasteiger partial charge in [-0.1, -0.05) is 19.3 Å². The molecule has 1 saturated heterocycles. The Morgan fingerprint density at radius 2 is 2.00 bits per heavy atom. The van der Waals surface area contributed by atoms with Crippen molar-refractivity contribution in [3.05, 3.63) is 0 Å². The third-order valence-corrected chi connectivity index (χ3v) is 4.16. The van der Waals surface area contributed by atoms with E-state index < -0.39 is 0 Å². The van der Waals surface area contributed by atoms with Gasteiger partial charge in [-0.15, -0.1) is 0 Å². The van der Waals surface area contributed by atoms with E-state index in [-0.39, 0.29) is 17.7 Å². The van der Waals surface area contributed by atoms with Gasteiger partial charge in [0.15, 0.2) is 0 Å². The highest BCUT2D eigenvalue weighted by molar-refractivity contribution is 5.84. The summed E-state index contributed by atoms with van der Waals surface area (Å²) in [5.41, 5.74) is 0. The molecule has 18 heavy (non-hydrogen) atoms. The molecule has 1 heterocycles. The number of hydrogen-bond acceptors (Lipinski definition) is 3. The first-order valence-electron chi connectivity index (χ1n) is 7.23. The molecule has 2 rings (SSSR count). The molecule has 0 bridgehead atoms. The fourth-order valence-electron chi connectivity index (χ4n) is 2.93. The van der Waals surface area contributed by atoms with E-state index >= 15 is 0 Å². The Morgan fingerprint density at radius 1 is 1.28 bits per heavy atom. The molecule has 0 spiro atoms. The SMILES string of the molecule is CC(C(=O)NC1CCCCC1)N1CCCC(=O)C1. The van der Waals surface area contributed by atoms with Crippen molar-refractivity contribution in [1.29, 1.82) is 0 Å². The fourth-order valence-corrected chi connectivity index (χ4v) is 2.93. The largest absolute Gasteiger partial charge is 0.352 e. The van der Waals surface area contributed by atoms with E-state index in [0.717, 1.165) is 25.8 Å². The van der Waals surface area contributed by atoms with Gasteiger partial charge < -0.3 is 5.32 Å². The maximum Gasteiger partial charge on any atom is 0.237 e. The quantitative estimate of drug-likeness (QED) is 0.828. The zero-order valence-electron chi connectivity index (χ0n) is 11.3. The molecule has 0 radical (unpaired) electrons. The van der Waals surface area contributed by atoms with Crippen LogP contribution in [0.25, 0.3) is 0 Å². The molecule has 0 aromatic heterocycles. The average Bonchev–Trinajstić information content (AvgIpc) is 2.39. The number of carbonyl (C=O) groups is 2. The van der Waals surface area contributed by atoms with Crippen LogP contribution in [0.5, 0.6) is 0 Å². The van der Waals surface area contributed by atoms with Gasteiger partial charge in [0.05, 0.1) is 12.6 Å². The molecular formula is C14H24N2O2. The van der Waals surface area contributed by atoms with Gasteiger partial charge in [-0.25, -0.2) is 0 Å². The van der Waals surface area contributed by atoms with Crippen molar-refractivity contribution in [2.75, 3.05) is 13.1 Å². The Hall–Kier alpha value is -0.900. The number of ketones is 1. The number of rotatable bonds is 3. The molecule has 1 aliphatic heterocycles. The summed E-state index contributed by atoms with van der Waals surface area (Å²) in [5, 5.41) is 3.14. The summed E-state index contributed by atoms with van der Waals surface area (Å²) >= 11 is 0. The molecular weight excluding hydrogens is 228 g/mol. The van der Waals surface area contributed by atoms with Crippen LogP contribution in [0, 0.1) is 0 Å². The summed E-state index contributed by atoms with van der Waals surface area (Å²) < 4.78 is 0. The van der Waals surface area contributed by atoms with Crippen LogP contribution in [-0.4, -0.2) is 41.8 Å². The maximum absolute atomic E-state index is 12.2. The summed E-state index contributed by atoms with van der Waals surface area (Å²) in [5.74, 6) is 0.357. The monoisotopic (exact) mass is 252 g/mol. The number of hydrogen-bond donors (Lipinski definition) is 1. The number of nitrogens with one attached hydrogen (secondary N) is 1. The summed E-state index contributed by atoms with van der Waals surface area (Å²) in [6, 6.07) is 0.186. The highest BCUT2D eigenvalue weighted by atomic mass is 16.2. The standard InChI is InChI=1S/C14H24N2O2/c1-11(16-9-5-8-13(17)10-16)14(18)15-12-6-3-2-4-7-12/h11-12H,2-10H2,1H3,(H,15,18). The van der Waals surface area contributed by atoms with Gasteiger partial charge in [0.1, 0.15) is 5.78 Å². The Morgan fingerprint density at radius 3 is 2.67 bits per heavy atom. The topological polar surface area (TPSA) is 49.4 Å². The third kappa shape index (κ3) is 3.55. The molecule has 4 nitrogen and oxygen atoms in total. The van der Waals surface area contributed by atoms with E-state index in [1.165, 1.54) is 19.3 Å². The number of amides is 1. The van der Waals surface area contributed by atoms with E-state index in [0.29, 0.717) is 19.0 Å². The van der Waals surface area contributed by atoms with Gasteiger partial charge in [0.25, 0.3) is 0 Å². The molecule has 0 aromatic rings. The van der Waals surface area contributed by atoms with Crippen LogP contribution >= 0.6 is 0 Å². The molecule has 2 aliphatic rings. The van der Waals surface area contributed by atoms with Crippen LogP contribution in [0.4, 0.5) is 0 Å². The van der Waals surface area contributed by atoms with Crippen molar-refractivity contribution >= 4 is 11.7 Å². The van der Waals surface area contributed by atoms with Crippen LogP contribution in [-0.2, 0) is 9.59 Å². The van der Waals surface area contributed by atoms with Crippen LogP contribution < -0.4 is 5.32 Å². The average molecular weight is 252 g/mol. The van der Waals surface area contributed by atoms with Crippen molar-refractivity contribution < 1.29 is 9.59 Å². The minimum atomic E-state index is -0.170. The zero-order valence-corrected chi connectivity index (χ0v) is 11.3. The van der Waals surface area contributed by atoms with Crippen LogP contribution in [0.3, 0.4) is 0 Å². The minimum Gasteiger partial charge on any atom is -0.352 e. The Bertz CT molecular complexity index is 311. The van der Waals surface area contributed by atoms with Gasteiger partial charge in [-0.05, 0) is 32.7 Å². The van der Waals surface area contributed by atoms with E-state index in [2.05, 4.69) is 5.32 Å². The second-order valence-electron chi connectivity index (χ2n) is 5.63. The number of likely N-dealkylation sites (tertiary alicyclic amines) is 1. The van der Waals surface area contributed by atoms with Gasteiger partial charge in [-0.3, -0.25) is 14.5 Å². The second kappa shape index (κ2) is 6.32. The van der Waals surface area contributed by atoms with Gasteiger partial charge in [0.2, 0.25) is 5.91 Å². The lowest BCUT2D eigenvalue weighted by Crippen LogP contribution is -2.51. The first kappa shape index (κ1) is 13.5. The number of carbonyl (C=O) groups excluding carboxylic acids is 2.